The highest BCUT2D eigenvalue weighted by Gasteiger charge is 2.24. The van der Waals surface area contributed by atoms with Gasteiger partial charge in [0.1, 0.15) is 0 Å². The molecule has 0 saturated carbocycles. The van der Waals surface area contributed by atoms with Crippen molar-refractivity contribution in [2.45, 2.75) is 39.3 Å². The van der Waals surface area contributed by atoms with Crippen LogP contribution in [0, 0.1) is 0 Å². The number of hydrogen-bond acceptors (Lipinski definition) is 4. The molecule has 0 aliphatic heterocycles. The van der Waals surface area contributed by atoms with Gasteiger partial charge in [0.15, 0.2) is 10.7 Å². The van der Waals surface area contributed by atoms with Crippen molar-refractivity contribution in [1.29, 1.82) is 0 Å². The molecule has 2 heterocycles. The summed E-state index contributed by atoms with van der Waals surface area (Å²) in [6.07, 6.45) is 3.92. The van der Waals surface area contributed by atoms with E-state index in [9.17, 15) is 4.79 Å². The molecule has 0 spiro atoms. The zero-order chi connectivity index (χ0) is 19.4. The average Bonchev–Trinajstić information content (AvgIpc) is 3.28. The van der Waals surface area contributed by atoms with Gasteiger partial charge in [-0.25, -0.2) is 4.98 Å². The number of fused-ring (bicyclic) bond motifs is 1. The Morgan fingerprint density at radius 1 is 1.26 bits per heavy atom. The summed E-state index contributed by atoms with van der Waals surface area (Å²) in [5.74, 6) is -0.00520. The first-order valence-electron chi connectivity index (χ1n) is 9.45. The van der Waals surface area contributed by atoms with E-state index >= 15 is 0 Å². The molecule has 27 heavy (non-hydrogen) atoms. The Kier molecular flexibility index (Phi) is 6.29. The van der Waals surface area contributed by atoms with Gasteiger partial charge in [-0.05, 0) is 32.4 Å². The first-order valence-corrected chi connectivity index (χ1v) is 10.3. The van der Waals surface area contributed by atoms with Gasteiger partial charge in [-0.1, -0.05) is 37.3 Å². The van der Waals surface area contributed by atoms with Crippen molar-refractivity contribution in [2.24, 2.45) is 0 Å². The fourth-order valence-electron chi connectivity index (χ4n) is 3.08. The minimum absolute atomic E-state index is 0.00520. The lowest BCUT2D eigenvalue weighted by Crippen LogP contribution is -2.32. The first kappa shape index (κ1) is 19.6. The molecule has 0 aliphatic carbocycles. The summed E-state index contributed by atoms with van der Waals surface area (Å²) < 4.78 is 2.06. The van der Waals surface area contributed by atoms with Crippen molar-refractivity contribution >= 4 is 22.2 Å². The molecule has 1 amide bonds. The molecule has 1 unspecified atom stereocenters. The second-order valence-electron chi connectivity index (χ2n) is 7.10. The zero-order valence-electron chi connectivity index (χ0n) is 16.6. The molecule has 0 bridgehead atoms. The molecular formula is C21H28N4OS. The number of carbonyl (C=O) groups is 1. The second kappa shape index (κ2) is 8.67. The van der Waals surface area contributed by atoms with Crippen LogP contribution in [0.1, 0.15) is 42.0 Å². The lowest BCUT2D eigenvalue weighted by atomic mass is 10.1. The summed E-state index contributed by atoms with van der Waals surface area (Å²) >= 11 is 1.57. The third-order valence-electron chi connectivity index (χ3n) is 5.23. The third kappa shape index (κ3) is 4.39. The highest BCUT2D eigenvalue weighted by molar-refractivity contribution is 7.15. The smallest absolute Gasteiger partial charge is 0.274 e. The number of benzene rings is 1. The van der Waals surface area contributed by atoms with E-state index in [4.69, 9.17) is 0 Å². The largest absolute Gasteiger partial charge is 0.340 e. The number of nitrogens with zero attached hydrogens (tertiary/aromatic N) is 4. The Labute approximate surface area is 165 Å². The van der Waals surface area contributed by atoms with Crippen molar-refractivity contribution in [2.75, 3.05) is 20.6 Å². The van der Waals surface area contributed by atoms with Crippen LogP contribution >= 0.6 is 11.3 Å². The van der Waals surface area contributed by atoms with E-state index in [2.05, 4.69) is 47.3 Å². The van der Waals surface area contributed by atoms with Crippen molar-refractivity contribution in [1.82, 2.24) is 19.2 Å². The zero-order valence-corrected chi connectivity index (χ0v) is 17.4. The van der Waals surface area contributed by atoms with Crippen LogP contribution in [0.5, 0.6) is 0 Å². The molecule has 0 N–H and O–H groups in total. The maximum atomic E-state index is 13.1. The Morgan fingerprint density at radius 3 is 2.70 bits per heavy atom. The van der Waals surface area contributed by atoms with E-state index in [1.807, 2.05) is 36.8 Å². The lowest BCUT2D eigenvalue weighted by molar-refractivity contribution is 0.0788. The van der Waals surface area contributed by atoms with Gasteiger partial charge in [0.2, 0.25) is 0 Å². The molecular weight excluding hydrogens is 356 g/mol. The molecule has 6 heteroatoms. The Balaban J connectivity index is 1.79. The number of amides is 1. The molecule has 3 aromatic rings. The minimum Gasteiger partial charge on any atom is -0.340 e. The van der Waals surface area contributed by atoms with Crippen molar-refractivity contribution < 1.29 is 4.79 Å². The summed E-state index contributed by atoms with van der Waals surface area (Å²) in [6, 6.07) is 10.7. The first-order chi connectivity index (χ1) is 13.0. The van der Waals surface area contributed by atoms with Crippen molar-refractivity contribution in [3.8, 4) is 0 Å². The maximum absolute atomic E-state index is 13.1. The number of aromatic nitrogens is 2. The molecule has 0 fully saturated rings. The Morgan fingerprint density at radius 2 is 2.00 bits per heavy atom. The average molecular weight is 385 g/mol. The summed E-state index contributed by atoms with van der Waals surface area (Å²) in [7, 11) is 3.97. The van der Waals surface area contributed by atoms with E-state index < -0.39 is 0 Å². The molecule has 0 radical (unpaired) electrons. The Bertz CT molecular complexity index is 886. The second-order valence-corrected chi connectivity index (χ2v) is 7.97. The number of rotatable bonds is 8. The number of imidazole rings is 1. The highest BCUT2D eigenvalue weighted by atomic mass is 32.1. The van der Waals surface area contributed by atoms with Crippen LogP contribution in [-0.4, -0.2) is 51.8 Å². The predicted octanol–water partition coefficient (Wildman–Crippen LogP) is 3.94. The van der Waals surface area contributed by atoms with Gasteiger partial charge in [0.05, 0.1) is 5.69 Å². The number of likely N-dealkylation sites (N-methyl/N-ethyl adjacent to an activating group) is 1. The number of carbonyl (C=O) groups excluding carboxylic acids is 1. The highest BCUT2D eigenvalue weighted by Crippen LogP contribution is 2.21. The van der Waals surface area contributed by atoms with Gasteiger partial charge in [-0.3, -0.25) is 14.1 Å². The summed E-state index contributed by atoms with van der Waals surface area (Å²) in [5.41, 5.74) is 2.79. The Hall–Kier alpha value is -2.18. The van der Waals surface area contributed by atoms with E-state index in [-0.39, 0.29) is 5.91 Å². The fourth-order valence-corrected chi connectivity index (χ4v) is 3.82. The SMILES string of the molecule is CCC(C)N(C)Cc1c(C(=O)N(C)CCc2ccccc2)nc2sccn12. The van der Waals surface area contributed by atoms with E-state index in [0.717, 1.165) is 23.5 Å². The van der Waals surface area contributed by atoms with Crippen LogP contribution in [0.25, 0.3) is 4.96 Å². The summed E-state index contributed by atoms with van der Waals surface area (Å²) in [4.78, 5) is 22.7. The molecule has 1 atom stereocenters. The van der Waals surface area contributed by atoms with Gasteiger partial charge in [0, 0.05) is 37.8 Å². The lowest BCUT2D eigenvalue weighted by Gasteiger charge is -2.24. The number of hydrogen-bond donors (Lipinski definition) is 0. The predicted molar refractivity (Wildman–Crippen MR) is 111 cm³/mol. The van der Waals surface area contributed by atoms with E-state index in [1.165, 1.54) is 5.56 Å². The van der Waals surface area contributed by atoms with Crippen LogP contribution in [0.3, 0.4) is 0 Å². The van der Waals surface area contributed by atoms with Gasteiger partial charge in [-0.15, -0.1) is 11.3 Å². The standard InChI is InChI=1S/C21H28N4OS/c1-5-16(2)24(4)15-18-19(22-21-25(18)13-14-27-21)20(26)23(3)12-11-17-9-7-6-8-10-17/h6-10,13-14,16H,5,11-12,15H2,1-4H3. The molecule has 0 aliphatic rings. The van der Waals surface area contributed by atoms with E-state index in [1.54, 1.807) is 16.2 Å². The molecule has 5 nitrogen and oxygen atoms in total. The van der Waals surface area contributed by atoms with Gasteiger partial charge < -0.3 is 4.90 Å². The summed E-state index contributed by atoms with van der Waals surface area (Å²) in [5, 5.41) is 2.02. The van der Waals surface area contributed by atoms with Crippen LogP contribution in [0.15, 0.2) is 41.9 Å². The fraction of sp³-hybridized carbons (Fsp3) is 0.429. The van der Waals surface area contributed by atoms with E-state index in [0.29, 0.717) is 24.8 Å². The molecule has 0 saturated heterocycles. The minimum atomic E-state index is -0.00520. The van der Waals surface area contributed by atoms with Crippen LogP contribution in [0.4, 0.5) is 0 Å². The normalized spacial score (nSPS) is 12.6. The molecule has 1 aromatic carbocycles. The third-order valence-corrected chi connectivity index (χ3v) is 5.99. The van der Waals surface area contributed by atoms with Crippen molar-refractivity contribution in [3.05, 3.63) is 58.9 Å². The topological polar surface area (TPSA) is 40.9 Å². The van der Waals surface area contributed by atoms with Gasteiger partial charge >= 0.3 is 0 Å². The molecule has 3 rings (SSSR count). The maximum Gasteiger partial charge on any atom is 0.274 e. The molecule has 144 valence electrons. The van der Waals surface area contributed by atoms with Crippen LogP contribution < -0.4 is 0 Å². The van der Waals surface area contributed by atoms with Crippen LogP contribution in [0.2, 0.25) is 0 Å². The van der Waals surface area contributed by atoms with Gasteiger partial charge in [-0.2, -0.15) is 0 Å². The molecule has 2 aromatic heterocycles. The van der Waals surface area contributed by atoms with Crippen molar-refractivity contribution in [3.63, 3.8) is 0 Å². The van der Waals surface area contributed by atoms with Crippen LogP contribution in [-0.2, 0) is 13.0 Å². The summed E-state index contributed by atoms with van der Waals surface area (Å²) in [6.45, 7) is 5.77. The monoisotopic (exact) mass is 384 g/mol. The number of thiazole rings is 1. The quantitative estimate of drug-likeness (QED) is 0.591. The van der Waals surface area contributed by atoms with Gasteiger partial charge in [0.25, 0.3) is 5.91 Å².